The summed E-state index contributed by atoms with van der Waals surface area (Å²) in [6, 6.07) is 0. The van der Waals surface area contributed by atoms with Gasteiger partial charge in [0.25, 0.3) is 0 Å². The molecule has 0 aromatic rings. The molecule has 0 aliphatic rings. The Kier molecular flexibility index (Phi) is 9.95. The maximum Gasteiger partial charge on any atom is 4.00 e. The summed E-state index contributed by atoms with van der Waals surface area (Å²) < 4.78 is 8.55. The van der Waals surface area contributed by atoms with E-state index in [1.165, 1.54) is 0 Å². The van der Waals surface area contributed by atoms with E-state index in [9.17, 15) is 0 Å². The Hall–Kier alpha value is 0.287. The summed E-state index contributed by atoms with van der Waals surface area (Å²) in [4.78, 5) is 25.6. The second-order valence-corrected chi connectivity index (χ2v) is 1.34. The molecule has 1 N–H and O–H groups in total. The van der Waals surface area contributed by atoms with E-state index < -0.39 is 7.82 Å². The van der Waals surface area contributed by atoms with Crippen LogP contribution in [0.2, 0.25) is 0 Å². The fraction of sp³-hybridized carbons (Fsp3) is 0. The van der Waals surface area contributed by atoms with Crippen molar-refractivity contribution in [2.75, 3.05) is 0 Å². The van der Waals surface area contributed by atoms with E-state index in [-0.39, 0.29) is 16.4 Å². The SMILES string of the molecule is O=P([O-])([O-])[O-].[OH-].[Si+4]. The van der Waals surface area contributed by atoms with Crippen molar-refractivity contribution in [3.8, 4) is 0 Å². The van der Waals surface area contributed by atoms with Crippen LogP contribution in [0, 0.1) is 0 Å². The van der Waals surface area contributed by atoms with E-state index in [0.717, 1.165) is 0 Å². The normalized spacial score (nSPS) is 8.43. The molecule has 5 nitrogen and oxygen atoms in total. The molecule has 0 amide bonds. The minimum absolute atomic E-state index is 0. The Labute approximate surface area is 44.6 Å². The average molecular weight is 140 g/mol. The topological polar surface area (TPSA) is 116 Å². The molecular weight excluding hydrogens is 139 g/mol. The van der Waals surface area contributed by atoms with E-state index >= 15 is 0 Å². The maximum atomic E-state index is 8.55. The van der Waals surface area contributed by atoms with Gasteiger partial charge in [-0.25, -0.2) is 0 Å². The van der Waals surface area contributed by atoms with Gasteiger partial charge in [0.15, 0.2) is 0 Å². The molecule has 7 heavy (non-hydrogen) atoms. The third-order valence-electron chi connectivity index (χ3n) is 0. The predicted molar refractivity (Wildman–Crippen MR) is 15.3 cm³/mol. The first-order valence-corrected chi connectivity index (χ1v) is 2.19. The van der Waals surface area contributed by atoms with Gasteiger partial charge in [-0.1, -0.05) is 0 Å². The van der Waals surface area contributed by atoms with Crippen LogP contribution in [0.4, 0.5) is 0 Å². The van der Waals surface area contributed by atoms with Gasteiger partial charge in [0, 0.05) is 0 Å². The van der Waals surface area contributed by atoms with Crippen LogP contribution in [-0.4, -0.2) is 16.4 Å². The molecule has 0 radical (unpaired) electrons. The molecule has 0 heterocycles. The summed E-state index contributed by atoms with van der Waals surface area (Å²) in [5, 5.41) is 0. The molecule has 40 valence electrons. The van der Waals surface area contributed by atoms with Gasteiger partial charge in [0.2, 0.25) is 0 Å². The quantitative estimate of drug-likeness (QED) is 0.257. The number of phosphoric acid groups is 1. The van der Waals surface area contributed by atoms with Crippen molar-refractivity contribution in [3.05, 3.63) is 0 Å². The van der Waals surface area contributed by atoms with Gasteiger partial charge in [-0.2, -0.15) is 7.82 Å². The molecule has 0 rings (SSSR count). The van der Waals surface area contributed by atoms with Gasteiger partial charge in [-0.3, -0.25) is 0 Å². The number of hydrogen-bond acceptors (Lipinski definition) is 5. The number of hydrogen-bond donors (Lipinski definition) is 0. The van der Waals surface area contributed by atoms with E-state index in [1.54, 1.807) is 0 Å². The zero-order valence-electron chi connectivity index (χ0n) is 3.03. The van der Waals surface area contributed by atoms with Crippen molar-refractivity contribution >= 4 is 18.8 Å². The van der Waals surface area contributed by atoms with Crippen molar-refractivity contribution in [2.45, 2.75) is 0 Å². The third kappa shape index (κ3) is 1400. The van der Waals surface area contributed by atoms with E-state index in [2.05, 4.69) is 0 Å². The van der Waals surface area contributed by atoms with Gasteiger partial charge < -0.3 is 24.7 Å². The molecule has 0 saturated carbocycles. The van der Waals surface area contributed by atoms with Crippen LogP contribution in [0.3, 0.4) is 0 Å². The first kappa shape index (κ1) is 15.7. The second kappa shape index (κ2) is 4.45. The van der Waals surface area contributed by atoms with Crippen molar-refractivity contribution in [1.82, 2.24) is 0 Å². The van der Waals surface area contributed by atoms with Crippen LogP contribution >= 0.6 is 7.82 Å². The van der Waals surface area contributed by atoms with Crippen LogP contribution in [-0.2, 0) is 4.57 Å². The smallest absolute Gasteiger partial charge is 0.870 e. The van der Waals surface area contributed by atoms with Crippen LogP contribution in [0.5, 0.6) is 0 Å². The molecule has 0 aliphatic heterocycles. The molecule has 0 atom stereocenters. The van der Waals surface area contributed by atoms with Crippen LogP contribution in [0.25, 0.3) is 0 Å². The average Bonchev–Trinajstić information content (AvgIpc) is 0.722. The molecule has 0 bridgehead atoms. The minimum atomic E-state index is -5.39. The van der Waals surface area contributed by atoms with Crippen LogP contribution in [0.15, 0.2) is 0 Å². The summed E-state index contributed by atoms with van der Waals surface area (Å²) >= 11 is 0. The summed E-state index contributed by atoms with van der Waals surface area (Å²) in [5.41, 5.74) is 0. The zero-order valence-corrected chi connectivity index (χ0v) is 4.92. The van der Waals surface area contributed by atoms with Crippen molar-refractivity contribution < 1.29 is 24.7 Å². The van der Waals surface area contributed by atoms with E-state index in [1.807, 2.05) is 0 Å². The maximum absolute atomic E-state index is 8.55. The van der Waals surface area contributed by atoms with Crippen molar-refractivity contribution in [3.63, 3.8) is 0 Å². The Bertz CT molecular complexity index is 54.2. The van der Waals surface area contributed by atoms with Gasteiger partial charge in [-0.05, 0) is 0 Å². The Morgan fingerprint density at radius 2 is 1.14 bits per heavy atom. The van der Waals surface area contributed by atoms with E-state index in [0.29, 0.717) is 0 Å². The molecule has 7 heteroatoms. The minimum Gasteiger partial charge on any atom is -0.870 e. The zero-order chi connectivity index (χ0) is 4.50. The molecule has 0 fully saturated rings. The summed E-state index contributed by atoms with van der Waals surface area (Å²) in [6.07, 6.45) is 0. The fourth-order valence-corrected chi connectivity index (χ4v) is 0. The first-order chi connectivity index (χ1) is 2.00. The first-order valence-electron chi connectivity index (χ1n) is 0.730. The largest absolute Gasteiger partial charge is 4.00 e. The molecule has 0 aromatic carbocycles. The molecule has 0 unspecified atom stereocenters. The van der Waals surface area contributed by atoms with Gasteiger partial charge in [-0.15, -0.1) is 0 Å². The molecule has 0 saturated heterocycles. The fourth-order valence-electron chi connectivity index (χ4n) is 0. The Balaban J connectivity index is -0.0000000800. The summed E-state index contributed by atoms with van der Waals surface area (Å²) in [7, 11) is -5.39. The van der Waals surface area contributed by atoms with Gasteiger partial charge in [0.1, 0.15) is 0 Å². The summed E-state index contributed by atoms with van der Waals surface area (Å²) in [5.74, 6) is 0. The Morgan fingerprint density at radius 1 is 1.14 bits per heavy atom. The van der Waals surface area contributed by atoms with Gasteiger partial charge >= 0.3 is 11.0 Å². The molecule has 0 aliphatic carbocycles. The standard InChI is InChI=1S/H3O4P.H2O.Si/c1-5(2,3)4;;/h(H3,1,2,3,4);1H2;/q;;+4/p-4. The van der Waals surface area contributed by atoms with Crippen molar-refractivity contribution in [1.29, 1.82) is 0 Å². The monoisotopic (exact) mass is 140 g/mol. The second-order valence-electron chi connectivity index (χ2n) is 0.447. The van der Waals surface area contributed by atoms with E-state index in [4.69, 9.17) is 19.2 Å². The van der Waals surface area contributed by atoms with Crippen molar-refractivity contribution in [2.24, 2.45) is 0 Å². The Morgan fingerprint density at radius 3 is 1.14 bits per heavy atom. The van der Waals surface area contributed by atoms with Crippen LogP contribution < -0.4 is 14.7 Å². The van der Waals surface area contributed by atoms with Gasteiger partial charge in [0.05, 0.1) is 0 Å². The third-order valence-corrected chi connectivity index (χ3v) is 0. The molecule has 0 aromatic heterocycles. The predicted octanol–water partition coefficient (Wildman–Crippen LogP) is -3.38. The number of rotatable bonds is 0. The summed E-state index contributed by atoms with van der Waals surface area (Å²) in [6.45, 7) is 0. The molecular formula is HO5PSi. The van der Waals surface area contributed by atoms with Crippen LogP contribution in [0.1, 0.15) is 0 Å². The molecule has 0 spiro atoms.